The molecule has 0 saturated heterocycles. The first-order valence-corrected chi connectivity index (χ1v) is 5.09. The highest BCUT2D eigenvalue weighted by Gasteiger charge is 2.15. The average molecular weight is 209 g/mol. The second kappa shape index (κ2) is 2.87. The summed E-state index contributed by atoms with van der Waals surface area (Å²) in [6.07, 6.45) is 3.31. The molecule has 5 nitrogen and oxygen atoms in total. The maximum atomic E-state index is 10.9. The number of hydrogen-bond acceptors (Lipinski definition) is 4. The van der Waals surface area contributed by atoms with Crippen molar-refractivity contribution in [2.24, 2.45) is 0 Å². The van der Waals surface area contributed by atoms with E-state index < -0.39 is 15.3 Å². The van der Waals surface area contributed by atoms with Crippen molar-refractivity contribution in [2.45, 2.75) is 0 Å². The van der Waals surface area contributed by atoms with E-state index >= 15 is 0 Å². The van der Waals surface area contributed by atoms with E-state index in [1.54, 1.807) is 0 Å². The molecule has 0 aliphatic heterocycles. The summed E-state index contributed by atoms with van der Waals surface area (Å²) in [6, 6.07) is 0. The highest BCUT2D eigenvalue weighted by molar-refractivity contribution is 7.89. The van der Waals surface area contributed by atoms with Gasteiger partial charge in [-0.2, -0.15) is 0 Å². The van der Waals surface area contributed by atoms with Gasteiger partial charge in [0.05, 0.1) is 6.26 Å². The third-order valence-electron chi connectivity index (χ3n) is 1.14. The molecule has 0 bridgehead atoms. The normalized spacial score (nSPS) is 11.5. The number of rotatable bonds is 2. The predicted octanol–water partition coefficient (Wildman–Crippen LogP) is 0.0698. The Balaban J connectivity index is 3.36. The van der Waals surface area contributed by atoms with Crippen molar-refractivity contribution in [2.75, 3.05) is 6.26 Å². The van der Waals surface area contributed by atoms with E-state index in [2.05, 4.69) is 4.98 Å². The Hall–Kier alpha value is -0.880. The molecule has 0 saturated carbocycles. The van der Waals surface area contributed by atoms with Crippen LogP contribution in [0.25, 0.3) is 0 Å². The van der Waals surface area contributed by atoms with Crippen molar-refractivity contribution in [3.8, 4) is 0 Å². The second-order valence-corrected chi connectivity index (χ2v) is 4.29. The molecule has 0 aromatic carbocycles. The summed E-state index contributed by atoms with van der Waals surface area (Å²) >= 11 is 5.07. The van der Waals surface area contributed by atoms with E-state index in [4.69, 9.17) is 11.6 Å². The van der Waals surface area contributed by atoms with Crippen LogP contribution in [0.2, 0.25) is 0 Å². The molecule has 1 rings (SSSR count). The lowest BCUT2D eigenvalue weighted by Gasteiger charge is -1.99. The number of imidazole rings is 1. The zero-order valence-corrected chi connectivity index (χ0v) is 7.63. The van der Waals surface area contributed by atoms with Gasteiger partial charge in [-0.05, 0) is 11.6 Å². The van der Waals surface area contributed by atoms with Gasteiger partial charge in [0.2, 0.25) is 15.8 Å². The molecule has 1 heterocycles. The highest BCUT2D eigenvalue weighted by atomic mass is 35.5. The number of nitrogens with zero attached hydrogens (tertiary/aromatic N) is 2. The quantitative estimate of drug-likeness (QED) is 0.645. The van der Waals surface area contributed by atoms with E-state index in [0.29, 0.717) is 0 Å². The topological polar surface area (TPSA) is 69.0 Å². The third kappa shape index (κ3) is 1.64. The molecule has 7 heteroatoms. The molecule has 0 N–H and O–H groups in total. The van der Waals surface area contributed by atoms with Gasteiger partial charge in [-0.25, -0.2) is 17.4 Å². The Morgan fingerprint density at radius 2 is 2.25 bits per heavy atom. The number of halogens is 1. The number of carbonyl (C=O) groups excluding carboxylic acids is 1. The van der Waals surface area contributed by atoms with E-state index in [0.717, 1.165) is 16.4 Å². The molecule has 0 radical (unpaired) electrons. The molecule has 0 unspecified atom stereocenters. The van der Waals surface area contributed by atoms with Gasteiger partial charge in [-0.1, -0.05) is 0 Å². The van der Waals surface area contributed by atoms with Crippen molar-refractivity contribution in [3.63, 3.8) is 0 Å². The molecule has 0 aliphatic carbocycles. The maximum absolute atomic E-state index is 10.9. The minimum atomic E-state index is -3.49. The smallest absolute Gasteiger partial charge is 0.272 e. The van der Waals surface area contributed by atoms with Crippen LogP contribution in [0.3, 0.4) is 0 Å². The number of hydrogen-bond donors (Lipinski definition) is 0. The molecule has 0 aliphatic rings. The van der Waals surface area contributed by atoms with E-state index in [1.807, 2.05) is 0 Å². The van der Waals surface area contributed by atoms with Crippen LogP contribution in [-0.4, -0.2) is 28.9 Å². The van der Waals surface area contributed by atoms with Crippen LogP contribution >= 0.6 is 11.6 Å². The SMILES string of the molecule is CS(=O)(=O)n1ccnc1C(=O)Cl. The molecule has 66 valence electrons. The van der Waals surface area contributed by atoms with Crippen molar-refractivity contribution >= 4 is 26.9 Å². The van der Waals surface area contributed by atoms with Gasteiger partial charge in [0, 0.05) is 12.4 Å². The summed E-state index contributed by atoms with van der Waals surface area (Å²) in [7, 11) is -3.49. The van der Waals surface area contributed by atoms with Crippen LogP contribution in [-0.2, 0) is 10.0 Å². The fourth-order valence-corrected chi connectivity index (χ4v) is 1.61. The molecule has 12 heavy (non-hydrogen) atoms. The monoisotopic (exact) mass is 208 g/mol. The standard InChI is InChI=1S/C5H5ClN2O3S/c1-12(10,11)8-3-2-7-5(8)4(6)9/h2-3H,1H3. The lowest BCUT2D eigenvalue weighted by molar-refractivity contribution is 0.107. The first-order chi connectivity index (χ1) is 5.43. The van der Waals surface area contributed by atoms with Crippen molar-refractivity contribution in [3.05, 3.63) is 18.2 Å². The van der Waals surface area contributed by atoms with Gasteiger partial charge in [0.1, 0.15) is 0 Å². The van der Waals surface area contributed by atoms with Crippen molar-refractivity contribution in [1.82, 2.24) is 8.96 Å². The van der Waals surface area contributed by atoms with Gasteiger partial charge in [-0.3, -0.25) is 4.79 Å². The lowest BCUT2D eigenvalue weighted by Crippen LogP contribution is -2.14. The molecular weight excluding hydrogens is 204 g/mol. The second-order valence-electron chi connectivity index (χ2n) is 2.08. The fourth-order valence-electron chi connectivity index (χ4n) is 0.697. The first kappa shape index (κ1) is 9.21. The summed E-state index contributed by atoms with van der Waals surface area (Å²) in [5, 5.41) is -0.898. The largest absolute Gasteiger partial charge is 0.289 e. The third-order valence-corrected chi connectivity index (χ3v) is 2.32. The molecule has 0 amide bonds. The molecule has 1 aromatic rings. The Kier molecular flexibility index (Phi) is 2.20. The van der Waals surface area contributed by atoms with Crippen LogP contribution < -0.4 is 0 Å². The molecule has 0 atom stereocenters. The maximum Gasteiger partial charge on any atom is 0.289 e. The van der Waals surface area contributed by atoms with Crippen LogP contribution in [0.4, 0.5) is 0 Å². The summed E-state index contributed by atoms with van der Waals surface area (Å²) in [4.78, 5) is 14.1. The molecular formula is C5H5ClN2O3S. The van der Waals surface area contributed by atoms with Gasteiger partial charge < -0.3 is 0 Å². The fraction of sp³-hybridized carbons (Fsp3) is 0.200. The van der Waals surface area contributed by atoms with E-state index in [1.165, 1.54) is 6.20 Å². The van der Waals surface area contributed by atoms with Crippen LogP contribution in [0.5, 0.6) is 0 Å². The summed E-state index contributed by atoms with van der Waals surface area (Å²) in [5.41, 5.74) is 0. The van der Waals surface area contributed by atoms with Gasteiger partial charge >= 0.3 is 0 Å². The minimum Gasteiger partial charge on any atom is -0.272 e. The highest BCUT2D eigenvalue weighted by Crippen LogP contribution is 2.04. The Morgan fingerprint density at radius 1 is 1.67 bits per heavy atom. The van der Waals surface area contributed by atoms with E-state index in [9.17, 15) is 13.2 Å². The zero-order valence-electron chi connectivity index (χ0n) is 6.06. The van der Waals surface area contributed by atoms with Gasteiger partial charge in [0.15, 0.2) is 0 Å². The average Bonchev–Trinajstić information content (AvgIpc) is 2.30. The Labute approximate surface area is 74.0 Å². The van der Waals surface area contributed by atoms with Crippen LogP contribution in [0.1, 0.15) is 10.6 Å². The summed E-state index contributed by atoms with van der Waals surface area (Å²) < 4.78 is 22.6. The van der Waals surface area contributed by atoms with Crippen LogP contribution in [0.15, 0.2) is 12.4 Å². The van der Waals surface area contributed by atoms with E-state index in [-0.39, 0.29) is 5.82 Å². The van der Waals surface area contributed by atoms with Crippen molar-refractivity contribution in [1.29, 1.82) is 0 Å². The predicted molar refractivity (Wildman–Crippen MR) is 42.7 cm³/mol. The Bertz CT molecular complexity index is 408. The van der Waals surface area contributed by atoms with Crippen LogP contribution in [0, 0.1) is 0 Å². The van der Waals surface area contributed by atoms with Crippen molar-refractivity contribution < 1.29 is 13.2 Å². The first-order valence-electron chi connectivity index (χ1n) is 2.86. The number of aromatic nitrogens is 2. The Morgan fingerprint density at radius 3 is 2.58 bits per heavy atom. The molecule has 0 spiro atoms. The van der Waals surface area contributed by atoms with Gasteiger partial charge in [0.25, 0.3) is 5.24 Å². The summed E-state index contributed by atoms with van der Waals surface area (Å²) in [6.45, 7) is 0. The summed E-state index contributed by atoms with van der Waals surface area (Å²) in [5.74, 6) is -0.292. The minimum absolute atomic E-state index is 0.292. The zero-order chi connectivity index (χ0) is 9.35. The van der Waals surface area contributed by atoms with Gasteiger partial charge in [-0.15, -0.1) is 0 Å². The molecule has 1 aromatic heterocycles. The lowest BCUT2D eigenvalue weighted by atomic mass is 10.7. The number of carbonyl (C=O) groups is 1. The molecule has 0 fully saturated rings.